The number of aryl methyl sites for hydroxylation is 1. The molecule has 5 nitrogen and oxygen atoms in total. The minimum Gasteiger partial charge on any atom is -0.371 e. The van der Waals surface area contributed by atoms with Gasteiger partial charge in [0.1, 0.15) is 0 Å². The minimum absolute atomic E-state index is 0.249. The van der Waals surface area contributed by atoms with E-state index in [0.717, 1.165) is 58.8 Å². The SMILES string of the molecule is CCCCCCn1c2ccccc2c2cc(N3C(=O)c4cccc5c(N6CCCCC6)ccc(c45)C3=O)ccc21. The highest BCUT2D eigenvalue weighted by Gasteiger charge is 2.35. The summed E-state index contributed by atoms with van der Waals surface area (Å²) >= 11 is 0. The molecule has 3 heterocycles. The van der Waals surface area contributed by atoms with E-state index in [9.17, 15) is 9.59 Å². The molecule has 0 bridgehead atoms. The molecule has 5 aromatic rings. The number of fused-ring (bicyclic) bond motifs is 3. The monoisotopic (exact) mass is 529 g/mol. The van der Waals surface area contributed by atoms with Crippen molar-refractivity contribution in [2.45, 2.75) is 58.4 Å². The van der Waals surface area contributed by atoms with Crippen LogP contribution in [-0.2, 0) is 6.54 Å². The molecule has 2 aliphatic rings. The van der Waals surface area contributed by atoms with E-state index in [1.54, 1.807) is 0 Å². The molecule has 0 radical (unpaired) electrons. The van der Waals surface area contributed by atoms with Gasteiger partial charge in [0.2, 0.25) is 0 Å². The molecule has 7 rings (SSSR count). The van der Waals surface area contributed by atoms with Crippen LogP contribution in [0.25, 0.3) is 32.6 Å². The van der Waals surface area contributed by atoms with Crippen molar-refractivity contribution in [3.8, 4) is 0 Å². The number of hydrogen-bond donors (Lipinski definition) is 0. The number of carbonyl (C=O) groups is 2. The van der Waals surface area contributed by atoms with Crippen LogP contribution in [0, 0.1) is 0 Å². The Bertz CT molecular complexity index is 1750. The first-order valence-corrected chi connectivity index (χ1v) is 14.9. The number of anilines is 2. The fourth-order valence-corrected chi connectivity index (χ4v) is 6.84. The quantitative estimate of drug-likeness (QED) is 0.157. The average molecular weight is 530 g/mol. The molecule has 2 amide bonds. The Morgan fingerprint density at radius 1 is 0.675 bits per heavy atom. The fraction of sp³-hybridized carbons (Fsp3) is 0.314. The summed E-state index contributed by atoms with van der Waals surface area (Å²) in [4.78, 5) is 31.8. The number of benzene rings is 4. The van der Waals surface area contributed by atoms with Gasteiger partial charge in [0.15, 0.2) is 0 Å². The molecule has 1 saturated heterocycles. The van der Waals surface area contributed by atoms with Crippen LogP contribution in [-0.4, -0.2) is 29.5 Å². The van der Waals surface area contributed by atoms with Crippen molar-refractivity contribution in [1.82, 2.24) is 4.57 Å². The maximum absolute atomic E-state index is 14.0. The number of amides is 2. The number of rotatable bonds is 7. The van der Waals surface area contributed by atoms with Crippen molar-refractivity contribution >= 4 is 55.8 Å². The zero-order valence-corrected chi connectivity index (χ0v) is 23.2. The minimum atomic E-state index is -0.249. The van der Waals surface area contributed by atoms with Gasteiger partial charge < -0.3 is 9.47 Å². The molecule has 0 saturated carbocycles. The van der Waals surface area contributed by atoms with E-state index in [1.165, 1.54) is 48.9 Å². The van der Waals surface area contributed by atoms with Gasteiger partial charge in [-0.15, -0.1) is 0 Å². The predicted octanol–water partition coefficient (Wildman–Crippen LogP) is 8.32. The van der Waals surface area contributed by atoms with Crippen LogP contribution in [0.15, 0.2) is 72.8 Å². The lowest BCUT2D eigenvalue weighted by Crippen LogP contribution is -2.40. The summed E-state index contributed by atoms with van der Waals surface area (Å²) in [6.45, 7) is 5.22. The molecule has 2 aliphatic heterocycles. The Kier molecular flexibility index (Phi) is 6.30. The van der Waals surface area contributed by atoms with Crippen LogP contribution in [0.1, 0.15) is 72.6 Å². The van der Waals surface area contributed by atoms with Crippen LogP contribution >= 0.6 is 0 Å². The number of nitrogens with zero attached hydrogens (tertiary/aromatic N) is 3. The zero-order chi connectivity index (χ0) is 27.2. The van der Waals surface area contributed by atoms with Gasteiger partial charge in [-0.3, -0.25) is 9.59 Å². The second kappa shape index (κ2) is 10.1. The van der Waals surface area contributed by atoms with Crippen molar-refractivity contribution in [1.29, 1.82) is 0 Å². The molecule has 4 aromatic carbocycles. The summed E-state index contributed by atoms with van der Waals surface area (Å²) < 4.78 is 2.39. The molecule has 0 N–H and O–H groups in total. The van der Waals surface area contributed by atoms with E-state index < -0.39 is 0 Å². The van der Waals surface area contributed by atoms with E-state index in [-0.39, 0.29) is 11.8 Å². The third-order valence-corrected chi connectivity index (χ3v) is 8.83. The number of unbranched alkanes of at least 4 members (excludes halogenated alkanes) is 3. The summed E-state index contributed by atoms with van der Waals surface area (Å²) in [5.41, 5.74) is 5.30. The lowest BCUT2D eigenvalue weighted by Gasteiger charge is -2.32. The van der Waals surface area contributed by atoms with Gasteiger partial charge in [0.05, 0.1) is 5.69 Å². The van der Waals surface area contributed by atoms with E-state index in [1.807, 2.05) is 30.3 Å². The Labute approximate surface area is 235 Å². The summed E-state index contributed by atoms with van der Waals surface area (Å²) in [5.74, 6) is -0.497. The highest BCUT2D eigenvalue weighted by atomic mass is 16.2. The largest absolute Gasteiger partial charge is 0.371 e. The third-order valence-electron chi connectivity index (χ3n) is 8.83. The highest BCUT2D eigenvalue weighted by Crippen LogP contribution is 2.39. The van der Waals surface area contributed by atoms with Crippen LogP contribution in [0.4, 0.5) is 11.4 Å². The lowest BCUT2D eigenvalue weighted by molar-refractivity contribution is 0.0893. The van der Waals surface area contributed by atoms with Crippen molar-refractivity contribution in [2.75, 3.05) is 22.9 Å². The van der Waals surface area contributed by atoms with Crippen LogP contribution in [0.5, 0.6) is 0 Å². The summed E-state index contributed by atoms with van der Waals surface area (Å²) in [6.07, 6.45) is 8.40. The molecule has 0 unspecified atom stereocenters. The van der Waals surface area contributed by atoms with Crippen LogP contribution in [0.2, 0.25) is 0 Å². The van der Waals surface area contributed by atoms with Gasteiger partial charge in [0, 0.05) is 69.0 Å². The first-order chi connectivity index (χ1) is 19.7. The van der Waals surface area contributed by atoms with Crippen molar-refractivity contribution in [3.63, 3.8) is 0 Å². The van der Waals surface area contributed by atoms with E-state index in [4.69, 9.17) is 0 Å². The van der Waals surface area contributed by atoms with E-state index in [2.05, 4.69) is 58.9 Å². The Hall–Kier alpha value is -4.12. The van der Waals surface area contributed by atoms with Crippen molar-refractivity contribution in [2.24, 2.45) is 0 Å². The molecule has 40 heavy (non-hydrogen) atoms. The molecule has 0 spiro atoms. The molecular formula is C35H35N3O2. The zero-order valence-electron chi connectivity index (χ0n) is 23.2. The Morgan fingerprint density at radius 2 is 1.43 bits per heavy atom. The van der Waals surface area contributed by atoms with Gasteiger partial charge in [0.25, 0.3) is 11.8 Å². The molecule has 202 valence electrons. The summed E-state index contributed by atoms with van der Waals surface area (Å²) in [5, 5.41) is 4.02. The first kappa shape index (κ1) is 24.9. The topological polar surface area (TPSA) is 45.6 Å². The van der Waals surface area contributed by atoms with Gasteiger partial charge in [-0.05, 0) is 68.1 Å². The predicted molar refractivity (Wildman–Crippen MR) is 165 cm³/mol. The lowest BCUT2D eigenvalue weighted by atomic mass is 9.92. The summed E-state index contributed by atoms with van der Waals surface area (Å²) in [7, 11) is 0. The Morgan fingerprint density at radius 3 is 2.25 bits per heavy atom. The van der Waals surface area contributed by atoms with E-state index >= 15 is 0 Å². The number of piperidine rings is 1. The van der Waals surface area contributed by atoms with Gasteiger partial charge in [-0.2, -0.15) is 0 Å². The Balaban J connectivity index is 1.31. The number of carbonyl (C=O) groups excluding carboxylic acids is 2. The second-order valence-electron chi connectivity index (χ2n) is 11.3. The number of hydrogen-bond acceptors (Lipinski definition) is 3. The second-order valence-corrected chi connectivity index (χ2v) is 11.3. The molecule has 0 aliphatic carbocycles. The smallest absolute Gasteiger partial charge is 0.265 e. The average Bonchev–Trinajstić information content (AvgIpc) is 3.31. The maximum atomic E-state index is 14.0. The molecule has 1 aromatic heterocycles. The van der Waals surface area contributed by atoms with Crippen LogP contribution in [0.3, 0.4) is 0 Å². The first-order valence-electron chi connectivity index (χ1n) is 14.9. The van der Waals surface area contributed by atoms with Gasteiger partial charge >= 0.3 is 0 Å². The third kappa shape index (κ3) is 3.90. The van der Waals surface area contributed by atoms with Gasteiger partial charge in [-0.1, -0.05) is 56.5 Å². The maximum Gasteiger partial charge on any atom is 0.265 e. The molecule has 1 fully saturated rings. The molecule has 0 atom stereocenters. The standard InChI is InChI=1S/C35H35N3O2/c1-2-3-4-10-22-37-31-15-7-6-12-25(31)29-23-24(16-18-32(29)37)38-34(39)27-14-11-13-26-30(36-20-8-5-9-21-36)19-17-28(33(26)27)35(38)40/h6-7,11-19,23H,2-5,8-10,20-22H2,1H3. The number of imide groups is 1. The fourth-order valence-electron chi connectivity index (χ4n) is 6.84. The molecule has 5 heteroatoms. The summed E-state index contributed by atoms with van der Waals surface area (Å²) in [6, 6.07) is 24.4. The van der Waals surface area contributed by atoms with Crippen molar-refractivity contribution < 1.29 is 9.59 Å². The van der Waals surface area contributed by atoms with Crippen LogP contribution < -0.4 is 9.80 Å². The number of para-hydroxylation sites is 1. The van der Waals surface area contributed by atoms with E-state index in [0.29, 0.717) is 16.8 Å². The normalized spacial score (nSPS) is 15.6. The number of aromatic nitrogens is 1. The van der Waals surface area contributed by atoms with Gasteiger partial charge in [-0.25, -0.2) is 4.90 Å². The molecular weight excluding hydrogens is 494 g/mol. The highest BCUT2D eigenvalue weighted by molar-refractivity contribution is 6.36. The van der Waals surface area contributed by atoms with Crippen molar-refractivity contribution in [3.05, 3.63) is 83.9 Å².